The van der Waals surface area contributed by atoms with E-state index in [1.54, 1.807) is 7.11 Å². The average molecular weight is 426 g/mol. The molecule has 0 aliphatic heterocycles. The second kappa shape index (κ2) is 13.2. The molecule has 21 heavy (non-hydrogen) atoms. The van der Waals surface area contributed by atoms with Crippen molar-refractivity contribution in [2.24, 2.45) is 4.99 Å². The number of aryl methyl sites for hydroxylation is 1. The number of methoxy groups -OCH3 is 1. The molecule has 0 aromatic heterocycles. The van der Waals surface area contributed by atoms with Gasteiger partial charge in [0, 0.05) is 31.8 Å². The highest BCUT2D eigenvalue weighted by molar-refractivity contribution is 14.0. The molecule has 0 fully saturated rings. The molecule has 0 aliphatic carbocycles. The molecule has 4 nitrogen and oxygen atoms in total. The number of halogens is 2. The second-order valence-corrected chi connectivity index (χ2v) is 4.78. The van der Waals surface area contributed by atoms with E-state index in [-0.39, 0.29) is 24.0 Å². The molecule has 6 heteroatoms. The molecule has 0 aliphatic rings. The molecule has 120 valence electrons. The lowest BCUT2D eigenvalue weighted by Gasteiger charge is -2.10. The number of hydrogen-bond acceptors (Lipinski definition) is 2. The molecular weight excluding hydrogens is 401 g/mol. The van der Waals surface area contributed by atoms with Gasteiger partial charge in [0.05, 0.1) is 6.61 Å². The highest BCUT2D eigenvalue weighted by atomic mass is 127. The van der Waals surface area contributed by atoms with Gasteiger partial charge in [-0.2, -0.15) is 0 Å². The summed E-state index contributed by atoms with van der Waals surface area (Å²) in [5.74, 6) is 0.837. The summed E-state index contributed by atoms with van der Waals surface area (Å²) in [7, 11) is 1.69. The predicted octanol–water partition coefficient (Wildman–Crippen LogP) is 3.09. The molecular formula is C15H25ClIN3O. The van der Waals surface area contributed by atoms with Gasteiger partial charge in [0.15, 0.2) is 5.96 Å². The minimum Gasteiger partial charge on any atom is -0.383 e. The lowest BCUT2D eigenvalue weighted by molar-refractivity contribution is 0.203. The van der Waals surface area contributed by atoms with Crippen molar-refractivity contribution in [1.29, 1.82) is 0 Å². The summed E-state index contributed by atoms with van der Waals surface area (Å²) in [6.45, 7) is 5.10. The van der Waals surface area contributed by atoms with E-state index in [1.807, 2.05) is 18.2 Å². The predicted molar refractivity (Wildman–Crippen MR) is 101 cm³/mol. The largest absolute Gasteiger partial charge is 0.383 e. The molecule has 0 heterocycles. The number of ether oxygens (including phenoxy) is 1. The van der Waals surface area contributed by atoms with E-state index in [4.69, 9.17) is 16.3 Å². The van der Waals surface area contributed by atoms with Crippen LogP contribution in [-0.2, 0) is 11.2 Å². The zero-order valence-electron chi connectivity index (χ0n) is 12.7. The Morgan fingerprint density at radius 3 is 2.71 bits per heavy atom. The van der Waals surface area contributed by atoms with Crippen molar-refractivity contribution in [2.45, 2.75) is 19.8 Å². The van der Waals surface area contributed by atoms with Crippen LogP contribution < -0.4 is 10.6 Å². The Hall–Kier alpha value is -0.530. The molecule has 1 aromatic carbocycles. The van der Waals surface area contributed by atoms with Crippen molar-refractivity contribution >= 4 is 41.5 Å². The van der Waals surface area contributed by atoms with Gasteiger partial charge in [-0.3, -0.25) is 4.99 Å². The monoisotopic (exact) mass is 425 g/mol. The van der Waals surface area contributed by atoms with Crippen LogP contribution in [0.4, 0.5) is 0 Å². The van der Waals surface area contributed by atoms with Gasteiger partial charge in [0.1, 0.15) is 0 Å². The van der Waals surface area contributed by atoms with Gasteiger partial charge in [-0.25, -0.2) is 0 Å². The number of benzene rings is 1. The third kappa shape index (κ3) is 9.16. The minimum atomic E-state index is 0. The smallest absolute Gasteiger partial charge is 0.191 e. The lowest BCUT2D eigenvalue weighted by Crippen LogP contribution is -2.39. The van der Waals surface area contributed by atoms with Crippen LogP contribution >= 0.6 is 35.6 Å². The molecule has 1 aromatic rings. The molecule has 2 N–H and O–H groups in total. The number of rotatable bonds is 8. The van der Waals surface area contributed by atoms with Gasteiger partial charge < -0.3 is 15.4 Å². The van der Waals surface area contributed by atoms with Crippen LogP contribution in [0.5, 0.6) is 0 Å². The summed E-state index contributed by atoms with van der Waals surface area (Å²) in [5, 5.41) is 7.26. The fourth-order valence-electron chi connectivity index (χ4n) is 1.77. The van der Waals surface area contributed by atoms with Crippen LogP contribution in [0.1, 0.15) is 18.9 Å². The quantitative estimate of drug-likeness (QED) is 0.291. The van der Waals surface area contributed by atoms with Crippen LogP contribution in [0.3, 0.4) is 0 Å². The van der Waals surface area contributed by atoms with Crippen molar-refractivity contribution in [1.82, 2.24) is 10.6 Å². The highest BCUT2D eigenvalue weighted by Crippen LogP contribution is 2.16. The number of nitrogens with one attached hydrogen (secondary N) is 2. The Balaban J connectivity index is 0.00000400. The van der Waals surface area contributed by atoms with Crippen LogP contribution in [0.2, 0.25) is 5.02 Å². The van der Waals surface area contributed by atoms with Crippen molar-refractivity contribution in [3.8, 4) is 0 Å². The summed E-state index contributed by atoms with van der Waals surface area (Å²) in [6, 6.07) is 7.96. The van der Waals surface area contributed by atoms with Gasteiger partial charge in [-0.1, -0.05) is 29.8 Å². The molecule has 0 bridgehead atoms. The van der Waals surface area contributed by atoms with Crippen molar-refractivity contribution in [2.75, 3.05) is 33.4 Å². The maximum absolute atomic E-state index is 6.13. The first-order chi connectivity index (χ1) is 9.77. The van der Waals surface area contributed by atoms with E-state index in [9.17, 15) is 0 Å². The molecule has 0 spiro atoms. The molecule has 0 atom stereocenters. The van der Waals surface area contributed by atoms with Crippen molar-refractivity contribution < 1.29 is 4.74 Å². The Labute approximate surface area is 149 Å². The first kappa shape index (κ1) is 20.5. The zero-order valence-corrected chi connectivity index (χ0v) is 15.8. The third-order valence-electron chi connectivity index (χ3n) is 2.77. The summed E-state index contributed by atoms with van der Waals surface area (Å²) >= 11 is 6.13. The van der Waals surface area contributed by atoms with E-state index in [1.165, 1.54) is 5.56 Å². The normalized spacial score (nSPS) is 10.9. The first-order valence-corrected chi connectivity index (χ1v) is 7.40. The number of nitrogens with zero attached hydrogens (tertiary/aromatic N) is 1. The summed E-state index contributed by atoms with van der Waals surface area (Å²) in [4.78, 5) is 4.53. The SMILES string of the molecule is CCNC(=NCCCc1ccccc1Cl)NCCOC.I. The zero-order chi connectivity index (χ0) is 14.6. The molecule has 0 unspecified atom stereocenters. The molecule has 0 amide bonds. The number of hydrogen-bond donors (Lipinski definition) is 2. The van der Waals surface area contributed by atoms with Crippen LogP contribution in [0, 0.1) is 0 Å². The fourth-order valence-corrected chi connectivity index (χ4v) is 2.00. The van der Waals surface area contributed by atoms with Crippen molar-refractivity contribution in [3.05, 3.63) is 34.9 Å². The molecule has 0 saturated heterocycles. The van der Waals surface area contributed by atoms with Crippen LogP contribution in [0.25, 0.3) is 0 Å². The van der Waals surface area contributed by atoms with Crippen LogP contribution in [-0.4, -0.2) is 39.3 Å². The topological polar surface area (TPSA) is 45.7 Å². The first-order valence-electron chi connectivity index (χ1n) is 7.02. The molecule has 1 rings (SSSR count). The lowest BCUT2D eigenvalue weighted by atomic mass is 10.1. The Morgan fingerprint density at radius 2 is 2.05 bits per heavy atom. The van der Waals surface area contributed by atoms with Gasteiger partial charge in [0.25, 0.3) is 0 Å². The second-order valence-electron chi connectivity index (χ2n) is 4.38. The molecule has 0 saturated carbocycles. The average Bonchev–Trinajstić information content (AvgIpc) is 2.45. The summed E-state index contributed by atoms with van der Waals surface area (Å²) < 4.78 is 5.01. The maximum Gasteiger partial charge on any atom is 0.191 e. The Kier molecular flexibility index (Phi) is 12.8. The van der Waals surface area contributed by atoms with E-state index >= 15 is 0 Å². The highest BCUT2D eigenvalue weighted by Gasteiger charge is 1.99. The van der Waals surface area contributed by atoms with E-state index in [2.05, 4.69) is 28.6 Å². The van der Waals surface area contributed by atoms with Crippen molar-refractivity contribution in [3.63, 3.8) is 0 Å². The van der Waals surface area contributed by atoms with E-state index in [0.717, 1.165) is 43.5 Å². The standard InChI is InChI=1S/C15H24ClN3O.HI/c1-3-17-15(19-11-12-20-2)18-10-6-8-13-7-4-5-9-14(13)16;/h4-5,7,9H,3,6,8,10-12H2,1-2H3,(H2,17,18,19);1H. The van der Waals surface area contributed by atoms with Gasteiger partial charge >= 0.3 is 0 Å². The number of aliphatic imine (C=N–C) groups is 1. The van der Waals surface area contributed by atoms with Gasteiger partial charge in [-0.15, -0.1) is 24.0 Å². The summed E-state index contributed by atoms with van der Waals surface area (Å²) in [5.41, 5.74) is 1.18. The van der Waals surface area contributed by atoms with E-state index < -0.39 is 0 Å². The minimum absolute atomic E-state index is 0. The number of guanidine groups is 1. The van der Waals surface area contributed by atoms with E-state index in [0.29, 0.717) is 6.61 Å². The van der Waals surface area contributed by atoms with Gasteiger partial charge in [-0.05, 0) is 31.4 Å². The Bertz CT molecular complexity index is 416. The Morgan fingerprint density at radius 1 is 1.29 bits per heavy atom. The fraction of sp³-hybridized carbons (Fsp3) is 0.533. The summed E-state index contributed by atoms with van der Waals surface area (Å²) in [6.07, 6.45) is 1.92. The maximum atomic E-state index is 6.13. The van der Waals surface area contributed by atoms with Crippen LogP contribution in [0.15, 0.2) is 29.3 Å². The third-order valence-corrected chi connectivity index (χ3v) is 3.14. The molecule has 0 radical (unpaired) electrons. The van der Waals surface area contributed by atoms with Gasteiger partial charge in [0.2, 0.25) is 0 Å².